The predicted octanol–water partition coefficient (Wildman–Crippen LogP) is 4.68. The molecule has 0 N–H and O–H groups in total. The Balaban J connectivity index is 2.07. The van der Waals surface area contributed by atoms with Gasteiger partial charge in [0.1, 0.15) is 17.4 Å². The van der Waals surface area contributed by atoms with Gasteiger partial charge in [0.25, 0.3) is 0 Å². The van der Waals surface area contributed by atoms with Gasteiger partial charge in [-0.05, 0) is 12.1 Å². The van der Waals surface area contributed by atoms with E-state index in [-0.39, 0.29) is 0 Å². The van der Waals surface area contributed by atoms with Gasteiger partial charge in [0, 0.05) is 6.20 Å². The van der Waals surface area contributed by atoms with Gasteiger partial charge in [-0.25, -0.2) is 4.98 Å². The second kappa shape index (κ2) is 5.23. The standard InChI is InChI=1S/C10H6Cl3NOS/c11-7-2-1-3-8(9(7)12)15-5-6-4-14-10(13)16-6/h1-4H,5H2. The van der Waals surface area contributed by atoms with Gasteiger partial charge in [-0.3, -0.25) is 0 Å². The summed E-state index contributed by atoms with van der Waals surface area (Å²) in [6.45, 7) is 0.379. The molecule has 0 saturated heterocycles. The van der Waals surface area contributed by atoms with E-state index >= 15 is 0 Å². The van der Waals surface area contributed by atoms with E-state index in [1.807, 2.05) is 0 Å². The average molecular weight is 295 g/mol. The van der Waals surface area contributed by atoms with Crippen molar-refractivity contribution in [3.8, 4) is 5.75 Å². The Morgan fingerprint density at radius 1 is 1.25 bits per heavy atom. The number of rotatable bonds is 3. The highest BCUT2D eigenvalue weighted by molar-refractivity contribution is 7.15. The van der Waals surface area contributed by atoms with E-state index < -0.39 is 0 Å². The van der Waals surface area contributed by atoms with Crippen LogP contribution in [0.25, 0.3) is 0 Å². The SMILES string of the molecule is Clc1ncc(COc2cccc(Cl)c2Cl)s1. The van der Waals surface area contributed by atoms with E-state index in [1.54, 1.807) is 24.4 Å². The van der Waals surface area contributed by atoms with Crippen LogP contribution >= 0.6 is 46.1 Å². The van der Waals surface area contributed by atoms with Gasteiger partial charge in [-0.15, -0.1) is 11.3 Å². The van der Waals surface area contributed by atoms with Crippen LogP contribution in [0.3, 0.4) is 0 Å². The maximum Gasteiger partial charge on any atom is 0.183 e. The quantitative estimate of drug-likeness (QED) is 0.820. The smallest absolute Gasteiger partial charge is 0.183 e. The molecule has 0 fully saturated rings. The molecule has 0 spiro atoms. The Bertz CT molecular complexity index is 501. The topological polar surface area (TPSA) is 22.1 Å². The molecule has 2 nitrogen and oxygen atoms in total. The zero-order valence-corrected chi connectivity index (χ0v) is 11.0. The molecule has 6 heteroatoms. The molecular weight excluding hydrogens is 289 g/mol. The van der Waals surface area contributed by atoms with Crippen LogP contribution in [0, 0.1) is 0 Å². The molecule has 1 aromatic carbocycles. The molecule has 0 saturated carbocycles. The molecule has 0 atom stereocenters. The zero-order valence-electron chi connectivity index (χ0n) is 7.91. The van der Waals surface area contributed by atoms with Gasteiger partial charge in [0.15, 0.2) is 4.47 Å². The third-order valence-electron chi connectivity index (χ3n) is 1.81. The number of aromatic nitrogens is 1. The minimum absolute atomic E-state index is 0.379. The summed E-state index contributed by atoms with van der Waals surface area (Å²) in [6.07, 6.45) is 1.67. The van der Waals surface area contributed by atoms with Gasteiger partial charge >= 0.3 is 0 Å². The fraction of sp³-hybridized carbons (Fsp3) is 0.100. The van der Waals surface area contributed by atoms with E-state index in [9.17, 15) is 0 Å². The molecule has 84 valence electrons. The van der Waals surface area contributed by atoms with Crippen LogP contribution in [0.2, 0.25) is 14.5 Å². The van der Waals surface area contributed by atoms with Crippen LogP contribution in [-0.4, -0.2) is 4.98 Å². The Morgan fingerprint density at radius 2 is 2.06 bits per heavy atom. The second-order valence-electron chi connectivity index (χ2n) is 2.92. The molecule has 0 aliphatic rings. The van der Waals surface area contributed by atoms with Crippen molar-refractivity contribution in [2.24, 2.45) is 0 Å². The maximum absolute atomic E-state index is 5.97. The highest BCUT2D eigenvalue weighted by Gasteiger charge is 2.06. The molecule has 1 aromatic heterocycles. The minimum Gasteiger partial charge on any atom is -0.486 e. The fourth-order valence-electron chi connectivity index (χ4n) is 1.09. The summed E-state index contributed by atoms with van der Waals surface area (Å²) in [4.78, 5) is 4.85. The second-order valence-corrected chi connectivity index (χ2v) is 5.40. The third kappa shape index (κ3) is 2.80. The molecule has 0 radical (unpaired) electrons. The molecule has 1 heterocycles. The van der Waals surface area contributed by atoms with E-state index in [1.165, 1.54) is 11.3 Å². The summed E-state index contributed by atoms with van der Waals surface area (Å²) in [5.41, 5.74) is 0. The monoisotopic (exact) mass is 293 g/mol. The largest absolute Gasteiger partial charge is 0.486 e. The van der Waals surface area contributed by atoms with Gasteiger partial charge in [-0.1, -0.05) is 40.9 Å². The number of ether oxygens (including phenoxy) is 1. The Labute approximate surface area is 112 Å². The summed E-state index contributed by atoms with van der Waals surface area (Å²) in [6, 6.07) is 5.25. The van der Waals surface area contributed by atoms with E-state index in [0.29, 0.717) is 26.9 Å². The number of nitrogens with zero attached hydrogens (tertiary/aromatic N) is 1. The van der Waals surface area contributed by atoms with Crippen molar-refractivity contribution in [3.05, 3.63) is 43.8 Å². The lowest BCUT2D eigenvalue weighted by molar-refractivity contribution is 0.310. The van der Waals surface area contributed by atoms with E-state index in [4.69, 9.17) is 39.5 Å². The van der Waals surface area contributed by atoms with Crippen molar-refractivity contribution in [2.75, 3.05) is 0 Å². The summed E-state index contributed by atoms with van der Waals surface area (Å²) in [7, 11) is 0. The van der Waals surface area contributed by atoms with Crippen molar-refractivity contribution in [2.45, 2.75) is 6.61 Å². The van der Waals surface area contributed by atoms with Crippen molar-refractivity contribution in [3.63, 3.8) is 0 Å². The summed E-state index contributed by atoms with van der Waals surface area (Å²) < 4.78 is 6.01. The van der Waals surface area contributed by atoms with Crippen molar-refractivity contribution in [1.29, 1.82) is 0 Å². The van der Waals surface area contributed by atoms with Crippen LogP contribution in [-0.2, 0) is 6.61 Å². The van der Waals surface area contributed by atoms with E-state index in [0.717, 1.165) is 4.88 Å². The van der Waals surface area contributed by atoms with Crippen molar-refractivity contribution < 1.29 is 4.74 Å². The zero-order chi connectivity index (χ0) is 11.5. The molecule has 16 heavy (non-hydrogen) atoms. The molecular formula is C10H6Cl3NOS. The lowest BCUT2D eigenvalue weighted by Crippen LogP contribution is -1.93. The first kappa shape index (κ1) is 12.0. The first-order valence-electron chi connectivity index (χ1n) is 4.34. The summed E-state index contributed by atoms with van der Waals surface area (Å²) >= 11 is 18.9. The Hall–Kier alpha value is -0.480. The normalized spacial score (nSPS) is 10.4. The molecule has 2 rings (SSSR count). The van der Waals surface area contributed by atoms with Crippen LogP contribution in [0.5, 0.6) is 5.75 Å². The molecule has 0 aliphatic heterocycles. The van der Waals surface area contributed by atoms with Gasteiger partial charge in [0.2, 0.25) is 0 Å². The van der Waals surface area contributed by atoms with Crippen LogP contribution < -0.4 is 4.74 Å². The van der Waals surface area contributed by atoms with Crippen molar-refractivity contribution in [1.82, 2.24) is 4.98 Å². The van der Waals surface area contributed by atoms with E-state index in [2.05, 4.69) is 4.98 Å². The lowest BCUT2D eigenvalue weighted by atomic mass is 10.3. The molecule has 0 aliphatic carbocycles. The first-order valence-corrected chi connectivity index (χ1v) is 6.29. The highest BCUT2D eigenvalue weighted by Crippen LogP contribution is 2.32. The fourth-order valence-corrected chi connectivity index (χ4v) is 2.33. The van der Waals surface area contributed by atoms with Gasteiger partial charge in [-0.2, -0.15) is 0 Å². The Kier molecular flexibility index (Phi) is 3.92. The molecule has 0 amide bonds. The number of halogens is 3. The van der Waals surface area contributed by atoms with Gasteiger partial charge < -0.3 is 4.74 Å². The summed E-state index contributed by atoms with van der Waals surface area (Å²) in [5, 5.41) is 0.890. The van der Waals surface area contributed by atoms with Crippen molar-refractivity contribution >= 4 is 46.1 Å². The molecule has 2 aromatic rings. The summed E-state index contributed by atoms with van der Waals surface area (Å²) in [5.74, 6) is 0.554. The minimum atomic E-state index is 0.379. The first-order chi connectivity index (χ1) is 7.66. The number of benzene rings is 1. The predicted molar refractivity (Wildman–Crippen MR) is 67.9 cm³/mol. The number of hydrogen-bond donors (Lipinski definition) is 0. The van der Waals surface area contributed by atoms with Crippen LogP contribution in [0.1, 0.15) is 4.88 Å². The van der Waals surface area contributed by atoms with Gasteiger partial charge in [0.05, 0.1) is 9.90 Å². The number of thiazole rings is 1. The molecule has 0 unspecified atom stereocenters. The maximum atomic E-state index is 5.97. The highest BCUT2D eigenvalue weighted by atomic mass is 35.5. The van der Waals surface area contributed by atoms with Crippen LogP contribution in [0.15, 0.2) is 24.4 Å². The lowest BCUT2D eigenvalue weighted by Gasteiger charge is -2.06. The third-order valence-corrected chi connectivity index (χ3v) is 3.70. The average Bonchev–Trinajstić information content (AvgIpc) is 2.67. The Morgan fingerprint density at radius 3 is 2.75 bits per heavy atom. The number of hydrogen-bond acceptors (Lipinski definition) is 3. The molecule has 0 bridgehead atoms. The van der Waals surface area contributed by atoms with Crippen LogP contribution in [0.4, 0.5) is 0 Å².